The average Bonchev–Trinajstić information content (AvgIpc) is 3.54. The second kappa shape index (κ2) is 19.2. The summed E-state index contributed by atoms with van der Waals surface area (Å²) in [6, 6.07) is 74.4. The Labute approximate surface area is 483 Å². The van der Waals surface area contributed by atoms with Crippen molar-refractivity contribution in [2.75, 3.05) is 9.80 Å². The first-order valence-electron chi connectivity index (χ1n) is 30.1. The van der Waals surface area contributed by atoms with Crippen molar-refractivity contribution in [2.45, 2.75) is 149 Å². The third kappa shape index (κ3) is 8.57. The molecule has 3 aliphatic carbocycles. The lowest BCUT2D eigenvalue weighted by atomic mass is 9.59. The summed E-state index contributed by atoms with van der Waals surface area (Å²) >= 11 is 0. The fourth-order valence-corrected chi connectivity index (χ4v) is 15.3. The zero-order valence-electron chi connectivity index (χ0n) is 50.1. The van der Waals surface area contributed by atoms with Crippen LogP contribution in [0.4, 0.5) is 34.1 Å². The molecule has 0 radical (unpaired) electrons. The maximum Gasteiger partial charge on any atom is 0.0463 e. The Kier molecular flexibility index (Phi) is 12.5. The Balaban J connectivity index is 0.865. The number of hydrogen-bond acceptors (Lipinski definition) is 2. The number of hydrogen-bond donors (Lipinski definition) is 0. The highest BCUT2D eigenvalue weighted by atomic mass is 15.2. The summed E-state index contributed by atoms with van der Waals surface area (Å²) in [4.78, 5) is 4.81. The number of fused-ring (bicyclic) bond motifs is 3. The number of benzene rings is 10. The summed E-state index contributed by atoms with van der Waals surface area (Å²) < 4.78 is 0. The van der Waals surface area contributed by atoms with Gasteiger partial charge in [-0.3, -0.25) is 0 Å². The van der Waals surface area contributed by atoms with E-state index in [1.807, 2.05) is 0 Å². The second-order valence-electron chi connectivity index (χ2n) is 27.3. The van der Waals surface area contributed by atoms with Crippen LogP contribution in [-0.2, 0) is 39.9 Å². The molecule has 0 saturated carbocycles. The van der Waals surface area contributed by atoms with Crippen molar-refractivity contribution in [1.82, 2.24) is 0 Å². The van der Waals surface area contributed by atoms with Gasteiger partial charge in [0.25, 0.3) is 0 Å². The van der Waals surface area contributed by atoms with E-state index in [1.165, 1.54) is 103 Å². The standard InChI is InChI=1S/C79H80N2/c1-51-25-33-56(34-26-51)80(57-35-27-53(28-36-57)75(3,4)5)60-41-43-61(44-42-60)81(58-37-29-54(30-38-58)76(6,7)8)59-39-31-55(32-40-59)77(9,10)70-47-45-66-67-46-48-71(69-24-18-50-79(74(67)69)49-17-23-68(70)73(66)79)78(11,12)72-64-21-15-13-19-62(64)52(2)63-20-14-16-22-65(63)72/h13-16,19-22,25-48H,17-18,23-24,49-50H2,1-12H3. The van der Waals surface area contributed by atoms with Crippen molar-refractivity contribution in [3.63, 3.8) is 0 Å². The summed E-state index contributed by atoms with van der Waals surface area (Å²) in [7, 11) is 0. The van der Waals surface area contributed by atoms with Gasteiger partial charge >= 0.3 is 0 Å². The van der Waals surface area contributed by atoms with E-state index in [2.05, 4.69) is 287 Å². The van der Waals surface area contributed by atoms with E-state index in [1.54, 1.807) is 22.3 Å². The molecule has 0 heterocycles. The highest BCUT2D eigenvalue weighted by molar-refractivity contribution is 6.07. The minimum absolute atomic E-state index is 0.0499. The smallest absolute Gasteiger partial charge is 0.0463 e. The molecule has 406 valence electrons. The Morgan fingerprint density at radius 2 is 0.679 bits per heavy atom. The van der Waals surface area contributed by atoms with Gasteiger partial charge < -0.3 is 9.80 Å². The van der Waals surface area contributed by atoms with E-state index >= 15 is 0 Å². The van der Waals surface area contributed by atoms with Crippen molar-refractivity contribution >= 4 is 55.7 Å². The Bertz CT molecular complexity index is 3990. The molecule has 2 nitrogen and oxygen atoms in total. The monoisotopic (exact) mass is 1060 g/mol. The Hall–Kier alpha value is -7.68. The normalized spacial score (nSPS) is 15.9. The van der Waals surface area contributed by atoms with Crippen LogP contribution < -0.4 is 9.80 Å². The zero-order valence-corrected chi connectivity index (χ0v) is 50.1. The van der Waals surface area contributed by atoms with Gasteiger partial charge in [-0.1, -0.05) is 196 Å². The van der Waals surface area contributed by atoms with Crippen LogP contribution in [0, 0.1) is 13.8 Å². The fraction of sp³-hybridized carbons (Fsp3) is 0.291. The number of nitrogens with zero attached hydrogens (tertiary/aromatic N) is 2. The molecule has 0 fully saturated rings. The zero-order chi connectivity index (χ0) is 56.4. The molecule has 10 aromatic carbocycles. The van der Waals surface area contributed by atoms with Gasteiger partial charge in [0.05, 0.1) is 0 Å². The molecule has 0 aromatic heterocycles. The molecule has 0 N–H and O–H groups in total. The lowest BCUT2D eigenvalue weighted by Gasteiger charge is -2.44. The molecule has 1 unspecified atom stereocenters. The maximum absolute atomic E-state index is 2.54. The summed E-state index contributed by atoms with van der Waals surface area (Å²) in [5.74, 6) is 0. The van der Waals surface area contributed by atoms with Crippen molar-refractivity contribution in [3.05, 3.63) is 261 Å². The highest BCUT2D eigenvalue weighted by Gasteiger charge is 2.51. The SMILES string of the molecule is Cc1ccc(N(c2ccc(N(c3ccc(C(C)(C)C)cc3)c3ccc(C(C)(C)c4ccc5c6c4CCCC64CCCc6c(C(C)(C)c7c8ccccc8c(C)c8ccccc78)ccc-5c64)cc3)cc2)c2ccc(C(C)(C)C)cc2)cc1. The summed E-state index contributed by atoms with van der Waals surface area (Å²) in [5, 5.41) is 5.51. The lowest BCUT2D eigenvalue weighted by Crippen LogP contribution is -2.36. The van der Waals surface area contributed by atoms with Crippen molar-refractivity contribution in [1.29, 1.82) is 0 Å². The van der Waals surface area contributed by atoms with Gasteiger partial charge in [0.1, 0.15) is 0 Å². The molecule has 1 atom stereocenters. The van der Waals surface area contributed by atoms with Crippen LogP contribution in [0.1, 0.15) is 162 Å². The quantitative estimate of drug-likeness (QED) is 0.126. The molecule has 10 aromatic rings. The first-order valence-corrected chi connectivity index (χ1v) is 30.1. The first-order chi connectivity index (χ1) is 38.8. The number of aryl methyl sites for hydroxylation is 2. The Morgan fingerprint density at radius 3 is 1.06 bits per heavy atom. The fourth-order valence-electron chi connectivity index (χ4n) is 15.3. The van der Waals surface area contributed by atoms with Crippen molar-refractivity contribution in [2.24, 2.45) is 0 Å². The highest BCUT2D eigenvalue weighted by Crippen LogP contribution is 2.63. The molecule has 3 aliphatic rings. The molecule has 2 heteroatoms. The summed E-state index contributed by atoms with van der Waals surface area (Å²) in [6.45, 7) is 28.2. The van der Waals surface area contributed by atoms with Gasteiger partial charge in [-0.25, -0.2) is 0 Å². The maximum atomic E-state index is 2.54. The van der Waals surface area contributed by atoms with Gasteiger partial charge in [0.2, 0.25) is 0 Å². The molecular weight excluding hydrogens is 977 g/mol. The molecule has 13 rings (SSSR count). The minimum atomic E-state index is -0.222. The van der Waals surface area contributed by atoms with E-state index in [0.717, 1.165) is 47.0 Å². The first kappa shape index (κ1) is 52.7. The van der Waals surface area contributed by atoms with Crippen LogP contribution in [0.3, 0.4) is 0 Å². The molecule has 1 spiro atoms. The minimum Gasteiger partial charge on any atom is -0.311 e. The number of rotatable bonds is 10. The topological polar surface area (TPSA) is 6.48 Å². The third-order valence-corrected chi connectivity index (χ3v) is 19.6. The van der Waals surface area contributed by atoms with Crippen LogP contribution in [0.5, 0.6) is 0 Å². The summed E-state index contributed by atoms with van der Waals surface area (Å²) in [6.07, 6.45) is 7.16. The largest absolute Gasteiger partial charge is 0.311 e. The molecule has 81 heavy (non-hydrogen) atoms. The molecule has 0 bridgehead atoms. The van der Waals surface area contributed by atoms with Gasteiger partial charge in [-0.05, 0) is 230 Å². The van der Waals surface area contributed by atoms with Crippen LogP contribution >= 0.6 is 0 Å². The van der Waals surface area contributed by atoms with Crippen molar-refractivity contribution in [3.8, 4) is 11.1 Å². The van der Waals surface area contributed by atoms with Crippen LogP contribution in [0.2, 0.25) is 0 Å². The van der Waals surface area contributed by atoms with E-state index in [4.69, 9.17) is 0 Å². The van der Waals surface area contributed by atoms with Crippen LogP contribution in [-0.4, -0.2) is 0 Å². The Morgan fingerprint density at radius 1 is 0.346 bits per heavy atom. The molecular formula is C79H80N2. The average molecular weight is 1060 g/mol. The second-order valence-corrected chi connectivity index (χ2v) is 27.3. The van der Waals surface area contributed by atoms with Crippen LogP contribution in [0.15, 0.2) is 194 Å². The van der Waals surface area contributed by atoms with Gasteiger partial charge in [0.15, 0.2) is 0 Å². The van der Waals surface area contributed by atoms with Crippen molar-refractivity contribution < 1.29 is 0 Å². The predicted octanol–water partition coefficient (Wildman–Crippen LogP) is 21.7. The van der Waals surface area contributed by atoms with E-state index in [-0.39, 0.29) is 27.1 Å². The number of anilines is 6. The molecule has 0 saturated heterocycles. The van der Waals surface area contributed by atoms with Gasteiger partial charge in [0, 0.05) is 50.4 Å². The molecule has 0 amide bonds. The van der Waals surface area contributed by atoms with E-state index in [9.17, 15) is 0 Å². The van der Waals surface area contributed by atoms with Gasteiger partial charge in [-0.15, -0.1) is 0 Å². The summed E-state index contributed by atoms with van der Waals surface area (Å²) in [5.41, 5.74) is 27.2. The van der Waals surface area contributed by atoms with E-state index in [0.29, 0.717) is 0 Å². The lowest BCUT2D eigenvalue weighted by molar-refractivity contribution is 0.372. The molecule has 0 aliphatic heterocycles. The van der Waals surface area contributed by atoms with Crippen LogP contribution in [0.25, 0.3) is 32.7 Å². The van der Waals surface area contributed by atoms with Gasteiger partial charge in [-0.2, -0.15) is 0 Å². The third-order valence-electron chi connectivity index (χ3n) is 19.6. The van der Waals surface area contributed by atoms with E-state index < -0.39 is 0 Å². The predicted molar refractivity (Wildman–Crippen MR) is 347 cm³/mol.